The van der Waals surface area contributed by atoms with E-state index in [0.29, 0.717) is 0 Å². The molecule has 0 atom stereocenters. The van der Waals surface area contributed by atoms with Crippen LogP contribution in [-0.2, 0) is 6.42 Å². The van der Waals surface area contributed by atoms with Gasteiger partial charge in [0.2, 0.25) is 0 Å². The number of carbonyl (C=O) groups is 1. The zero-order valence-electron chi connectivity index (χ0n) is 11.9. The van der Waals surface area contributed by atoms with Crippen LogP contribution >= 0.6 is 0 Å². The molecule has 1 saturated heterocycles. The van der Waals surface area contributed by atoms with Gasteiger partial charge in [-0.2, -0.15) is 0 Å². The minimum absolute atomic E-state index is 0.149. The highest BCUT2D eigenvalue weighted by atomic mass is 16.2. The number of aryl methyl sites for hydroxylation is 1. The van der Waals surface area contributed by atoms with Crippen molar-refractivity contribution in [1.29, 1.82) is 0 Å². The second-order valence-electron chi connectivity index (χ2n) is 5.04. The van der Waals surface area contributed by atoms with E-state index < -0.39 is 0 Å². The van der Waals surface area contributed by atoms with Gasteiger partial charge in [-0.25, -0.2) is 4.98 Å². The number of pyridine rings is 1. The van der Waals surface area contributed by atoms with Gasteiger partial charge in [0.15, 0.2) is 0 Å². The van der Waals surface area contributed by atoms with Gasteiger partial charge in [0.1, 0.15) is 5.82 Å². The monoisotopic (exact) mass is 261 g/mol. The van der Waals surface area contributed by atoms with Gasteiger partial charge < -0.3 is 10.2 Å². The summed E-state index contributed by atoms with van der Waals surface area (Å²) in [4.78, 5) is 19.0. The number of nitrogens with one attached hydrogen (secondary N) is 1. The third kappa shape index (κ3) is 3.46. The van der Waals surface area contributed by atoms with E-state index in [1.165, 1.54) is 12.8 Å². The molecule has 104 valence electrons. The number of aromatic nitrogens is 1. The molecule has 2 rings (SSSR count). The maximum Gasteiger partial charge on any atom is 0.254 e. The molecule has 0 spiro atoms. The number of nitrogens with zero attached hydrogens (tertiary/aromatic N) is 2. The van der Waals surface area contributed by atoms with Crippen LogP contribution in [0.4, 0.5) is 5.82 Å². The highest BCUT2D eigenvalue weighted by Gasteiger charge is 2.18. The van der Waals surface area contributed by atoms with Crippen LogP contribution in [0, 0.1) is 0 Å². The van der Waals surface area contributed by atoms with Crippen molar-refractivity contribution in [2.45, 2.75) is 39.0 Å². The van der Waals surface area contributed by atoms with Crippen molar-refractivity contribution in [3.05, 3.63) is 23.4 Å². The molecule has 0 aromatic carbocycles. The molecule has 0 bridgehead atoms. The van der Waals surface area contributed by atoms with Crippen LogP contribution in [0.25, 0.3) is 0 Å². The molecule has 19 heavy (non-hydrogen) atoms. The molecule has 4 heteroatoms. The molecule has 1 aliphatic heterocycles. The van der Waals surface area contributed by atoms with E-state index in [4.69, 9.17) is 0 Å². The summed E-state index contributed by atoms with van der Waals surface area (Å²) >= 11 is 0. The first-order valence-electron chi connectivity index (χ1n) is 7.22. The van der Waals surface area contributed by atoms with E-state index in [9.17, 15) is 4.79 Å². The number of likely N-dealkylation sites (tertiary alicyclic amines) is 1. The van der Waals surface area contributed by atoms with E-state index in [0.717, 1.165) is 49.4 Å². The van der Waals surface area contributed by atoms with Crippen LogP contribution in [0.3, 0.4) is 0 Å². The molecule has 0 radical (unpaired) electrons. The Labute approximate surface area is 115 Å². The van der Waals surface area contributed by atoms with E-state index in [2.05, 4.69) is 17.2 Å². The van der Waals surface area contributed by atoms with Crippen molar-refractivity contribution in [3.8, 4) is 0 Å². The molecule has 1 amide bonds. The number of hydrogen-bond acceptors (Lipinski definition) is 3. The van der Waals surface area contributed by atoms with Crippen LogP contribution in [0.1, 0.15) is 48.7 Å². The summed E-state index contributed by atoms with van der Waals surface area (Å²) in [6, 6.07) is 3.78. The molecule has 1 fully saturated rings. The van der Waals surface area contributed by atoms with Gasteiger partial charge >= 0.3 is 0 Å². The van der Waals surface area contributed by atoms with Gasteiger partial charge in [0, 0.05) is 31.4 Å². The van der Waals surface area contributed by atoms with Gasteiger partial charge in [-0.15, -0.1) is 0 Å². The second kappa shape index (κ2) is 6.55. The summed E-state index contributed by atoms with van der Waals surface area (Å²) in [5.74, 6) is 0.924. The molecular weight excluding hydrogens is 238 g/mol. The van der Waals surface area contributed by atoms with Crippen molar-refractivity contribution in [2.75, 3.05) is 25.5 Å². The summed E-state index contributed by atoms with van der Waals surface area (Å²) < 4.78 is 0. The van der Waals surface area contributed by atoms with Crippen molar-refractivity contribution in [3.63, 3.8) is 0 Å². The van der Waals surface area contributed by atoms with Crippen molar-refractivity contribution in [2.24, 2.45) is 0 Å². The Bertz CT molecular complexity index is 415. The van der Waals surface area contributed by atoms with E-state index >= 15 is 0 Å². The highest BCUT2D eigenvalue weighted by molar-refractivity contribution is 5.95. The first-order chi connectivity index (χ1) is 9.24. The van der Waals surface area contributed by atoms with Crippen LogP contribution in [0.5, 0.6) is 0 Å². The van der Waals surface area contributed by atoms with Gasteiger partial charge in [-0.05, 0) is 31.4 Å². The minimum Gasteiger partial charge on any atom is -0.373 e. The molecular formula is C15H23N3O. The normalized spacial score (nSPS) is 16.0. The Hall–Kier alpha value is -1.58. The van der Waals surface area contributed by atoms with Crippen LogP contribution in [-0.4, -0.2) is 35.9 Å². The zero-order chi connectivity index (χ0) is 13.7. The lowest BCUT2D eigenvalue weighted by atomic mass is 10.1. The van der Waals surface area contributed by atoms with Gasteiger partial charge in [-0.1, -0.05) is 19.8 Å². The Balaban J connectivity index is 2.21. The molecule has 1 aliphatic rings. The molecule has 1 N–H and O–H groups in total. The number of rotatable bonds is 3. The average molecular weight is 261 g/mol. The van der Waals surface area contributed by atoms with Gasteiger partial charge in [0.25, 0.3) is 5.91 Å². The molecule has 1 aromatic rings. The zero-order valence-corrected chi connectivity index (χ0v) is 11.9. The van der Waals surface area contributed by atoms with E-state index in [1.807, 2.05) is 24.1 Å². The number of carbonyl (C=O) groups excluding carboxylic acids is 1. The SMILES string of the molecule is CCc1cc(C(=O)N2CCCCCC2)cc(NC)n1. The molecule has 2 heterocycles. The summed E-state index contributed by atoms with van der Waals surface area (Å²) in [5.41, 5.74) is 1.73. The molecule has 0 saturated carbocycles. The average Bonchev–Trinajstić information content (AvgIpc) is 2.74. The third-order valence-corrected chi connectivity index (χ3v) is 3.64. The Kier molecular flexibility index (Phi) is 4.77. The maximum atomic E-state index is 12.6. The Morgan fingerprint density at radius 1 is 1.26 bits per heavy atom. The Morgan fingerprint density at radius 3 is 2.53 bits per heavy atom. The molecule has 1 aromatic heterocycles. The first kappa shape index (κ1) is 13.8. The molecule has 4 nitrogen and oxygen atoms in total. The molecule has 0 aliphatic carbocycles. The van der Waals surface area contributed by atoms with Crippen LogP contribution in [0.15, 0.2) is 12.1 Å². The fraction of sp³-hybridized carbons (Fsp3) is 0.600. The fourth-order valence-corrected chi connectivity index (χ4v) is 2.48. The van der Waals surface area contributed by atoms with Crippen molar-refractivity contribution >= 4 is 11.7 Å². The van der Waals surface area contributed by atoms with Crippen LogP contribution < -0.4 is 5.32 Å². The molecule has 0 unspecified atom stereocenters. The maximum absolute atomic E-state index is 12.6. The topological polar surface area (TPSA) is 45.2 Å². The van der Waals surface area contributed by atoms with Crippen molar-refractivity contribution in [1.82, 2.24) is 9.88 Å². The van der Waals surface area contributed by atoms with E-state index in [1.54, 1.807) is 0 Å². The minimum atomic E-state index is 0.149. The number of hydrogen-bond donors (Lipinski definition) is 1. The lowest BCUT2D eigenvalue weighted by molar-refractivity contribution is 0.0761. The first-order valence-corrected chi connectivity index (χ1v) is 7.22. The van der Waals surface area contributed by atoms with Gasteiger partial charge in [-0.3, -0.25) is 4.79 Å². The Morgan fingerprint density at radius 2 is 1.95 bits per heavy atom. The summed E-state index contributed by atoms with van der Waals surface area (Å²) in [6.07, 6.45) is 5.56. The predicted molar refractivity (Wildman–Crippen MR) is 77.5 cm³/mol. The van der Waals surface area contributed by atoms with Crippen LogP contribution in [0.2, 0.25) is 0 Å². The lowest BCUT2D eigenvalue weighted by Crippen LogP contribution is -2.32. The summed E-state index contributed by atoms with van der Waals surface area (Å²) in [7, 11) is 1.84. The standard InChI is InChI=1S/C15H23N3O/c1-3-13-10-12(11-14(16-2)17-13)15(19)18-8-6-4-5-7-9-18/h10-11H,3-9H2,1-2H3,(H,16,17). The predicted octanol–water partition coefficient (Wildman–Crippen LogP) is 2.70. The smallest absolute Gasteiger partial charge is 0.254 e. The number of amides is 1. The lowest BCUT2D eigenvalue weighted by Gasteiger charge is -2.20. The van der Waals surface area contributed by atoms with Gasteiger partial charge in [0.05, 0.1) is 0 Å². The quantitative estimate of drug-likeness (QED) is 0.910. The largest absolute Gasteiger partial charge is 0.373 e. The summed E-state index contributed by atoms with van der Waals surface area (Å²) in [5, 5.41) is 3.03. The fourth-order valence-electron chi connectivity index (χ4n) is 2.48. The van der Waals surface area contributed by atoms with E-state index in [-0.39, 0.29) is 5.91 Å². The second-order valence-corrected chi connectivity index (χ2v) is 5.04. The summed E-state index contributed by atoms with van der Waals surface area (Å²) in [6.45, 7) is 3.83. The third-order valence-electron chi connectivity index (χ3n) is 3.64. The highest BCUT2D eigenvalue weighted by Crippen LogP contribution is 2.16. The number of anilines is 1. The van der Waals surface area contributed by atoms with Crippen molar-refractivity contribution < 1.29 is 4.79 Å².